The summed E-state index contributed by atoms with van der Waals surface area (Å²) in [5, 5.41) is 13.2. The van der Waals surface area contributed by atoms with E-state index in [9.17, 15) is 4.79 Å². The van der Waals surface area contributed by atoms with Crippen LogP contribution in [0.3, 0.4) is 0 Å². The fourth-order valence-corrected chi connectivity index (χ4v) is 5.15. The lowest BCUT2D eigenvalue weighted by Crippen LogP contribution is -2.22. The van der Waals surface area contributed by atoms with Gasteiger partial charge in [-0.1, -0.05) is 30.0 Å². The number of amides is 1. The molecule has 5 rings (SSSR count). The summed E-state index contributed by atoms with van der Waals surface area (Å²) in [6.07, 6.45) is 4.46. The topological polar surface area (TPSA) is 96.5 Å². The lowest BCUT2D eigenvalue weighted by atomic mass is 10.0. The first-order chi connectivity index (χ1) is 13.7. The van der Waals surface area contributed by atoms with Gasteiger partial charge in [-0.15, -0.1) is 21.5 Å². The van der Waals surface area contributed by atoms with Gasteiger partial charge in [0, 0.05) is 15.8 Å². The number of nitrogens with zero attached hydrogens (tertiary/aromatic N) is 4. The molecule has 1 atom stereocenters. The number of rotatable bonds is 4. The normalized spacial score (nSPS) is 14.9. The van der Waals surface area contributed by atoms with Crippen LogP contribution in [-0.4, -0.2) is 36.3 Å². The number of anilines is 1. The zero-order chi connectivity index (χ0) is 19.1. The van der Waals surface area contributed by atoms with Gasteiger partial charge in [0.2, 0.25) is 11.1 Å². The molecule has 2 N–H and O–H groups in total. The number of hydrogen-bond acceptors (Lipinski definition) is 7. The Labute approximate surface area is 169 Å². The van der Waals surface area contributed by atoms with Gasteiger partial charge in [-0.25, -0.2) is 9.97 Å². The van der Waals surface area contributed by atoms with Gasteiger partial charge >= 0.3 is 0 Å². The van der Waals surface area contributed by atoms with Crippen molar-refractivity contribution < 1.29 is 4.79 Å². The standard InChI is InChI=1S/C19H18N6OS2/c1-10(17(26)23-18-21-13-8-4-5-9-14(13)28-18)27-19-22-16-15(24-25-19)11-6-2-3-7-12(11)20-16/h2-3,6-7,10H,4-5,8-9H2,1H3,(H,20,22,25)(H,21,23,26). The monoisotopic (exact) mass is 410 g/mol. The average Bonchev–Trinajstić information content (AvgIpc) is 3.27. The maximum Gasteiger partial charge on any atom is 0.239 e. The molecule has 0 saturated heterocycles. The Balaban J connectivity index is 1.31. The predicted molar refractivity (Wildman–Crippen MR) is 112 cm³/mol. The molecule has 0 saturated carbocycles. The maximum atomic E-state index is 12.6. The molecule has 3 heterocycles. The molecule has 0 fully saturated rings. The van der Waals surface area contributed by atoms with Gasteiger partial charge < -0.3 is 10.3 Å². The number of benzene rings is 1. The number of aromatic amines is 1. The molecule has 7 nitrogen and oxygen atoms in total. The quantitative estimate of drug-likeness (QED) is 0.494. The number of para-hydroxylation sites is 1. The van der Waals surface area contributed by atoms with Crippen molar-refractivity contribution in [2.75, 3.05) is 5.32 Å². The Kier molecular flexibility index (Phi) is 4.48. The Morgan fingerprint density at radius 3 is 2.96 bits per heavy atom. The van der Waals surface area contributed by atoms with E-state index < -0.39 is 0 Å². The Bertz CT molecular complexity index is 1160. The second-order valence-corrected chi connectivity index (χ2v) is 9.20. The third kappa shape index (κ3) is 3.24. The minimum atomic E-state index is -0.357. The molecule has 3 aromatic heterocycles. The summed E-state index contributed by atoms with van der Waals surface area (Å²) in [6.45, 7) is 1.84. The molecule has 1 aromatic carbocycles. The fourth-order valence-electron chi connectivity index (χ4n) is 3.38. The molecule has 9 heteroatoms. The van der Waals surface area contributed by atoms with E-state index >= 15 is 0 Å². The second-order valence-electron chi connectivity index (χ2n) is 6.81. The first-order valence-corrected chi connectivity index (χ1v) is 10.9. The summed E-state index contributed by atoms with van der Waals surface area (Å²) < 4.78 is 0. The summed E-state index contributed by atoms with van der Waals surface area (Å²) >= 11 is 2.88. The first-order valence-electron chi connectivity index (χ1n) is 9.24. The molecule has 142 valence electrons. The number of H-pyrrole nitrogens is 1. The fraction of sp³-hybridized carbons (Fsp3) is 0.316. The van der Waals surface area contributed by atoms with E-state index in [-0.39, 0.29) is 11.2 Å². The number of fused-ring (bicyclic) bond motifs is 4. The molecular formula is C19H18N6OS2. The summed E-state index contributed by atoms with van der Waals surface area (Å²) in [5.74, 6) is -0.101. The predicted octanol–water partition coefficient (Wildman–Crippen LogP) is 3.96. The van der Waals surface area contributed by atoms with Crippen molar-refractivity contribution in [2.24, 2.45) is 0 Å². The van der Waals surface area contributed by atoms with Crippen LogP contribution in [0.1, 0.15) is 30.3 Å². The molecule has 0 spiro atoms. The summed E-state index contributed by atoms with van der Waals surface area (Å²) in [4.78, 5) is 26.3. The van der Waals surface area contributed by atoms with Gasteiger partial charge in [0.25, 0.3) is 0 Å². The van der Waals surface area contributed by atoms with Crippen molar-refractivity contribution in [1.82, 2.24) is 25.1 Å². The largest absolute Gasteiger partial charge is 0.338 e. The minimum absolute atomic E-state index is 0.101. The lowest BCUT2D eigenvalue weighted by molar-refractivity contribution is -0.115. The number of carbonyl (C=O) groups is 1. The van der Waals surface area contributed by atoms with Gasteiger partial charge in [-0.3, -0.25) is 4.79 Å². The smallest absolute Gasteiger partial charge is 0.239 e. The third-order valence-electron chi connectivity index (χ3n) is 4.83. The highest BCUT2D eigenvalue weighted by Gasteiger charge is 2.21. The highest BCUT2D eigenvalue weighted by Crippen LogP contribution is 2.30. The number of aryl methyl sites for hydroxylation is 2. The maximum absolute atomic E-state index is 12.6. The van der Waals surface area contributed by atoms with Crippen LogP contribution in [-0.2, 0) is 17.6 Å². The molecule has 0 aliphatic heterocycles. The molecule has 4 aromatic rings. The summed E-state index contributed by atoms with van der Waals surface area (Å²) in [5.41, 5.74) is 3.54. The Morgan fingerprint density at radius 2 is 2.07 bits per heavy atom. The highest BCUT2D eigenvalue weighted by molar-refractivity contribution is 8.00. The van der Waals surface area contributed by atoms with Crippen LogP contribution in [0.15, 0.2) is 29.4 Å². The van der Waals surface area contributed by atoms with E-state index in [2.05, 4.69) is 30.5 Å². The van der Waals surface area contributed by atoms with E-state index in [0.29, 0.717) is 15.9 Å². The van der Waals surface area contributed by atoms with Crippen molar-refractivity contribution in [3.8, 4) is 0 Å². The number of nitrogens with one attached hydrogen (secondary N) is 2. The zero-order valence-electron chi connectivity index (χ0n) is 15.2. The van der Waals surface area contributed by atoms with Crippen molar-refractivity contribution in [3.05, 3.63) is 34.8 Å². The van der Waals surface area contributed by atoms with E-state index in [1.54, 1.807) is 11.3 Å². The minimum Gasteiger partial charge on any atom is -0.338 e. The summed E-state index contributed by atoms with van der Waals surface area (Å²) in [6, 6.07) is 7.89. The lowest BCUT2D eigenvalue weighted by Gasteiger charge is -2.08. The van der Waals surface area contributed by atoms with Crippen molar-refractivity contribution >= 4 is 56.2 Å². The highest BCUT2D eigenvalue weighted by atomic mass is 32.2. The molecular weight excluding hydrogens is 392 g/mol. The number of aromatic nitrogens is 5. The molecule has 0 radical (unpaired) electrons. The van der Waals surface area contributed by atoms with Crippen LogP contribution in [0.2, 0.25) is 0 Å². The van der Waals surface area contributed by atoms with Gasteiger partial charge in [0.05, 0.1) is 10.9 Å². The molecule has 1 aliphatic rings. The van der Waals surface area contributed by atoms with Crippen LogP contribution in [0.25, 0.3) is 22.1 Å². The van der Waals surface area contributed by atoms with Gasteiger partial charge in [0.1, 0.15) is 5.52 Å². The Hall–Kier alpha value is -2.52. The van der Waals surface area contributed by atoms with Crippen LogP contribution >= 0.6 is 23.1 Å². The number of carbonyl (C=O) groups excluding carboxylic acids is 1. The molecule has 0 bridgehead atoms. The van der Waals surface area contributed by atoms with Crippen molar-refractivity contribution in [2.45, 2.75) is 43.0 Å². The van der Waals surface area contributed by atoms with Crippen molar-refractivity contribution in [1.29, 1.82) is 0 Å². The molecule has 1 amide bonds. The van der Waals surface area contributed by atoms with Gasteiger partial charge in [-0.05, 0) is 38.7 Å². The van der Waals surface area contributed by atoms with E-state index in [4.69, 9.17) is 0 Å². The van der Waals surface area contributed by atoms with E-state index in [1.165, 1.54) is 29.5 Å². The van der Waals surface area contributed by atoms with Crippen molar-refractivity contribution in [3.63, 3.8) is 0 Å². The Morgan fingerprint density at radius 1 is 1.21 bits per heavy atom. The van der Waals surface area contributed by atoms with Crippen LogP contribution in [0.4, 0.5) is 5.13 Å². The average molecular weight is 411 g/mol. The number of hydrogen-bond donors (Lipinski definition) is 2. The third-order valence-corrected chi connectivity index (χ3v) is 6.85. The zero-order valence-corrected chi connectivity index (χ0v) is 16.9. The molecule has 1 aliphatic carbocycles. The number of thiazole rings is 1. The van der Waals surface area contributed by atoms with E-state index in [0.717, 1.165) is 35.0 Å². The molecule has 28 heavy (non-hydrogen) atoms. The number of thioether (sulfide) groups is 1. The van der Waals surface area contributed by atoms with E-state index in [1.807, 2.05) is 31.2 Å². The van der Waals surface area contributed by atoms with Crippen LogP contribution in [0.5, 0.6) is 0 Å². The van der Waals surface area contributed by atoms with Crippen LogP contribution < -0.4 is 5.32 Å². The first kappa shape index (κ1) is 17.6. The van der Waals surface area contributed by atoms with Gasteiger partial charge in [0.15, 0.2) is 10.8 Å². The SMILES string of the molecule is CC(Sc1nnc2c(n1)[nH]c1ccccc12)C(=O)Nc1nc2c(s1)CCCC2. The summed E-state index contributed by atoms with van der Waals surface area (Å²) in [7, 11) is 0. The van der Waals surface area contributed by atoms with Crippen LogP contribution in [0, 0.1) is 0 Å². The second kappa shape index (κ2) is 7.14. The van der Waals surface area contributed by atoms with Gasteiger partial charge in [-0.2, -0.15) is 0 Å². The molecule has 1 unspecified atom stereocenters.